The molecule has 1 N–H and O–H groups in total. The van der Waals surface area contributed by atoms with Gasteiger partial charge in [-0.3, -0.25) is 4.79 Å². The lowest BCUT2D eigenvalue weighted by atomic mass is 10.3. The summed E-state index contributed by atoms with van der Waals surface area (Å²) < 4.78 is 36.8. The number of carbonyl (C=O) groups is 1. The molecule has 0 saturated carbocycles. The molecule has 10 heavy (non-hydrogen) atoms. The van der Waals surface area contributed by atoms with Gasteiger partial charge in [0.25, 0.3) is 0 Å². The summed E-state index contributed by atoms with van der Waals surface area (Å²) in [6.07, 6.45) is 0. The van der Waals surface area contributed by atoms with Gasteiger partial charge in [0.1, 0.15) is 0 Å². The Morgan fingerprint density at radius 1 is 1.50 bits per heavy atom. The fourth-order valence-corrected chi connectivity index (χ4v) is 0.489. The van der Waals surface area contributed by atoms with E-state index in [0.717, 1.165) is 0 Å². The van der Waals surface area contributed by atoms with E-state index in [1.54, 1.807) is 0 Å². The summed E-state index contributed by atoms with van der Waals surface area (Å²) in [5.41, 5.74) is -0.187. The van der Waals surface area contributed by atoms with Crippen molar-refractivity contribution in [1.29, 1.82) is 0 Å². The predicted octanol–water partition coefficient (Wildman–Crippen LogP) is 1.65. The lowest BCUT2D eigenvalue weighted by Crippen LogP contribution is -2.04. The molecule has 1 aromatic rings. The first kappa shape index (κ1) is 2.74. The third kappa shape index (κ3) is 1.90. The summed E-state index contributed by atoms with van der Waals surface area (Å²) in [6.45, 7) is 1.21. The lowest BCUT2D eigenvalue weighted by Gasteiger charge is -1.98. The van der Waals surface area contributed by atoms with Gasteiger partial charge in [0.2, 0.25) is 5.91 Å². The number of carbonyl (C=O) groups excluding carboxylic acids is 1. The quantitative estimate of drug-likeness (QED) is 0.631. The van der Waals surface area contributed by atoms with Crippen molar-refractivity contribution in [3.8, 4) is 0 Å². The minimum Gasteiger partial charge on any atom is -0.326 e. The standard InChI is InChI=1S/C8H9NO/c1-7(10)9-8-5-3-2-4-6-8/h2-6H,1H3,(H,9,10)/i2D,3D,4D,5D,6D. The van der Waals surface area contributed by atoms with E-state index in [9.17, 15) is 4.79 Å². The Labute approximate surface area is 66.9 Å². The molecule has 52 valence electrons. The van der Waals surface area contributed by atoms with Crippen LogP contribution < -0.4 is 5.32 Å². The number of hydrogen-bond donors (Lipinski definition) is 1. The van der Waals surface area contributed by atoms with Gasteiger partial charge >= 0.3 is 0 Å². The molecule has 1 rings (SSSR count). The molecule has 0 radical (unpaired) electrons. The molecule has 2 nitrogen and oxygen atoms in total. The summed E-state index contributed by atoms with van der Waals surface area (Å²) in [6, 6.07) is -2.20. The van der Waals surface area contributed by atoms with Crippen LogP contribution in [0.4, 0.5) is 5.69 Å². The van der Waals surface area contributed by atoms with E-state index in [2.05, 4.69) is 5.32 Å². The molecular weight excluding hydrogens is 126 g/mol. The molecule has 0 aliphatic carbocycles. The molecule has 0 heterocycles. The largest absolute Gasteiger partial charge is 0.326 e. The first-order valence-corrected chi connectivity index (χ1v) is 2.70. The van der Waals surface area contributed by atoms with Crippen LogP contribution >= 0.6 is 0 Å². The molecule has 2 heteroatoms. The van der Waals surface area contributed by atoms with Crippen molar-refractivity contribution >= 4 is 11.6 Å². The van der Waals surface area contributed by atoms with E-state index in [4.69, 9.17) is 6.85 Å². The van der Waals surface area contributed by atoms with Crippen LogP contribution in [0, 0.1) is 0 Å². The maximum Gasteiger partial charge on any atom is 0.221 e. The minimum atomic E-state index is -0.478. The molecular formula is C8H9NO. The Morgan fingerprint density at radius 2 is 2.10 bits per heavy atom. The van der Waals surface area contributed by atoms with Gasteiger partial charge in [0.05, 0.1) is 6.85 Å². The maximum absolute atomic E-state index is 10.8. The van der Waals surface area contributed by atoms with Crippen LogP contribution in [0.1, 0.15) is 13.8 Å². The average Bonchev–Trinajstić information content (AvgIpc) is 2.18. The zero-order valence-electron chi connectivity index (χ0n) is 10.4. The van der Waals surface area contributed by atoms with Gasteiger partial charge in [-0.15, -0.1) is 0 Å². The molecule has 0 aliphatic heterocycles. The van der Waals surface area contributed by atoms with Crippen LogP contribution in [0.3, 0.4) is 0 Å². The highest BCUT2D eigenvalue weighted by atomic mass is 16.1. The summed E-state index contributed by atoms with van der Waals surface area (Å²) in [5.74, 6) is -0.478. The van der Waals surface area contributed by atoms with E-state index in [-0.39, 0.29) is 5.69 Å². The van der Waals surface area contributed by atoms with E-state index in [0.29, 0.717) is 0 Å². The van der Waals surface area contributed by atoms with Gasteiger partial charge in [-0.05, 0) is 12.1 Å². The van der Waals surface area contributed by atoms with E-state index in [1.807, 2.05) is 0 Å². The molecule has 0 aromatic heterocycles. The monoisotopic (exact) mass is 140 g/mol. The maximum atomic E-state index is 10.8. The van der Waals surface area contributed by atoms with Crippen molar-refractivity contribution in [2.75, 3.05) is 5.32 Å². The topological polar surface area (TPSA) is 29.1 Å². The van der Waals surface area contributed by atoms with Crippen LogP contribution in [0.25, 0.3) is 0 Å². The molecule has 0 atom stereocenters. The molecule has 0 unspecified atom stereocenters. The molecule has 0 spiro atoms. The van der Waals surface area contributed by atoms with Crippen LogP contribution in [0.15, 0.2) is 30.2 Å². The van der Waals surface area contributed by atoms with Crippen molar-refractivity contribution in [2.24, 2.45) is 0 Å². The highest BCUT2D eigenvalue weighted by Crippen LogP contribution is 2.03. The van der Waals surface area contributed by atoms with E-state index < -0.39 is 36.1 Å². The second-order valence-electron chi connectivity index (χ2n) is 1.68. The predicted molar refractivity (Wildman–Crippen MR) is 40.7 cm³/mol. The van der Waals surface area contributed by atoms with Gasteiger partial charge in [-0.2, -0.15) is 0 Å². The van der Waals surface area contributed by atoms with Crippen LogP contribution in [0.5, 0.6) is 0 Å². The first-order valence-electron chi connectivity index (χ1n) is 5.20. The zero-order valence-corrected chi connectivity index (χ0v) is 5.41. The van der Waals surface area contributed by atoms with Gasteiger partial charge in [-0.1, -0.05) is 18.1 Å². The third-order valence-electron chi connectivity index (χ3n) is 0.801. The molecule has 1 aromatic carbocycles. The first-order chi connectivity index (χ1) is 6.86. The highest BCUT2D eigenvalue weighted by molar-refractivity contribution is 5.88. The van der Waals surface area contributed by atoms with Crippen LogP contribution in [-0.2, 0) is 4.79 Å². The number of nitrogens with one attached hydrogen (secondary N) is 1. The summed E-state index contributed by atoms with van der Waals surface area (Å²) in [4.78, 5) is 10.8. The zero-order chi connectivity index (χ0) is 11.7. The number of benzene rings is 1. The molecule has 0 bridgehead atoms. The highest BCUT2D eigenvalue weighted by Gasteiger charge is 1.90. The Morgan fingerprint density at radius 3 is 2.60 bits per heavy atom. The Balaban J connectivity index is 3.45. The second kappa shape index (κ2) is 3.01. The number of amides is 1. The summed E-state index contributed by atoms with van der Waals surface area (Å²) >= 11 is 0. The second-order valence-corrected chi connectivity index (χ2v) is 1.68. The Kier molecular flexibility index (Phi) is 0.826. The van der Waals surface area contributed by atoms with Gasteiger partial charge < -0.3 is 5.32 Å². The SMILES string of the molecule is [2H]c1c([2H])c([2H])c(NC(C)=O)c([2H])c1[2H]. The van der Waals surface area contributed by atoms with Crippen molar-refractivity contribution < 1.29 is 11.6 Å². The van der Waals surface area contributed by atoms with Crippen molar-refractivity contribution in [3.05, 3.63) is 30.2 Å². The molecule has 1 amide bonds. The average molecular weight is 140 g/mol. The van der Waals surface area contributed by atoms with E-state index >= 15 is 0 Å². The van der Waals surface area contributed by atoms with Gasteiger partial charge in [-0.25, -0.2) is 0 Å². The fourth-order valence-electron chi connectivity index (χ4n) is 0.489. The normalized spacial score (nSPS) is 15.9. The summed E-state index contributed by atoms with van der Waals surface area (Å²) in [7, 11) is 0. The summed E-state index contributed by atoms with van der Waals surface area (Å²) in [5, 5.41) is 2.21. The molecule has 0 aliphatic rings. The van der Waals surface area contributed by atoms with Crippen molar-refractivity contribution in [3.63, 3.8) is 0 Å². The van der Waals surface area contributed by atoms with Crippen LogP contribution in [-0.4, -0.2) is 5.91 Å². The molecule has 0 fully saturated rings. The fraction of sp³-hybridized carbons (Fsp3) is 0.125. The van der Waals surface area contributed by atoms with Crippen LogP contribution in [0.2, 0.25) is 0 Å². The number of hydrogen-bond acceptors (Lipinski definition) is 1. The number of rotatable bonds is 1. The van der Waals surface area contributed by atoms with E-state index in [1.165, 1.54) is 6.92 Å². The minimum absolute atomic E-state index is 0.187. The third-order valence-corrected chi connectivity index (χ3v) is 0.801. The van der Waals surface area contributed by atoms with Crippen molar-refractivity contribution in [1.82, 2.24) is 0 Å². The Hall–Kier alpha value is -1.31. The van der Waals surface area contributed by atoms with Gasteiger partial charge in [0.15, 0.2) is 0 Å². The Bertz CT molecular complexity index is 403. The number of anilines is 1. The molecule has 0 saturated heterocycles. The van der Waals surface area contributed by atoms with Gasteiger partial charge in [0, 0.05) is 12.6 Å². The number of para-hydroxylation sites is 1. The smallest absolute Gasteiger partial charge is 0.221 e. The lowest BCUT2D eigenvalue weighted by molar-refractivity contribution is -0.114. The van der Waals surface area contributed by atoms with Crippen molar-refractivity contribution in [2.45, 2.75) is 6.92 Å².